The molecule has 1 aliphatic rings. The number of hydrogen-bond donors (Lipinski definition) is 0. The van der Waals surface area contributed by atoms with Crippen LogP contribution in [0.1, 0.15) is 18.7 Å². The van der Waals surface area contributed by atoms with Crippen molar-refractivity contribution in [2.24, 2.45) is 0 Å². The monoisotopic (exact) mass is 349 g/mol. The minimum absolute atomic E-state index is 0.177. The number of halogens is 1. The molecule has 2 heterocycles. The van der Waals surface area contributed by atoms with Crippen molar-refractivity contribution in [2.75, 3.05) is 11.4 Å². The van der Waals surface area contributed by atoms with Gasteiger partial charge in [-0.3, -0.25) is 4.79 Å². The fourth-order valence-electron chi connectivity index (χ4n) is 2.94. The van der Waals surface area contributed by atoms with Crippen molar-refractivity contribution in [3.8, 4) is 11.4 Å². The molecule has 2 aromatic carbocycles. The van der Waals surface area contributed by atoms with Crippen LogP contribution in [0.3, 0.4) is 0 Å². The molecule has 0 aliphatic carbocycles. The van der Waals surface area contributed by atoms with Gasteiger partial charge >= 0.3 is 0 Å². The Bertz CT molecular complexity index is 949. The summed E-state index contributed by atoms with van der Waals surface area (Å²) in [5.74, 6) is 0.349. The fourth-order valence-corrected chi connectivity index (χ4v) is 2.94. The molecule has 26 heavy (non-hydrogen) atoms. The standard InChI is InChI=1S/C20H16FN3O2/c21-16-8-10-17(11-9-16)24-12-4-7-15(13-18(24)25)20-22-19(23-26-20)14-5-2-1-3-6-14/h1-3,5-6,8-11,13H,4,7,12H2. The summed E-state index contributed by atoms with van der Waals surface area (Å²) in [5, 5.41) is 4.01. The van der Waals surface area contributed by atoms with Gasteiger partial charge in [0.1, 0.15) is 5.82 Å². The Morgan fingerprint density at radius 1 is 1.04 bits per heavy atom. The van der Waals surface area contributed by atoms with E-state index in [-0.39, 0.29) is 11.7 Å². The number of carbonyl (C=O) groups excluding carboxylic acids is 1. The first-order chi connectivity index (χ1) is 12.7. The van der Waals surface area contributed by atoms with Crippen LogP contribution in [0.25, 0.3) is 17.0 Å². The van der Waals surface area contributed by atoms with Crippen LogP contribution in [0.15, 0.2) is 65.2 Å². The normalized spacial score (nSPS) is 14.9. The van der Waals surface area contributed by atoms with Gasteiger partial charge in [-0.05, 0) is 37.1 Å². The van der Waals surface area contributed by atoms with Crippen LogP contribution < -0.4 is 4.90 Å². The average Bonchev–Trinajstić information content (AvgIpc) is 3.08. The molecule has 0 radical (unpaired) electrons. The van der Waals surface area contributed by atoms with Gasteiger partial charge in [0, 0.05) is 29.4 Å². The molecule has 1 aromatic heterocycles. The molecule has 0 N–H and O–H groups in total. The van der Waals surface area contributed by atoms with Crippen molar-refractivity contribution in [1.82, 2.24) is 10.1 Å². The number of aromatic nitrogens is 2. The molecule has 0 saturated heterocycles. The Balaban J connectivity index is 1.60. The van der Waals surface area contributed by atoms with Crippen molar-refractivity contribution >= 4 is 17.2 Å². The summed E-state index contributed by atoms with van der Waals surface area (Å²) in [4.78, 5) is 18.7. The number of anilines is 1. The lowest BCUT2D eigenvalue weighted by molar-refractivity contribution is -0.114. The van der Waals surface area contributed by atoms with Crippen LogP contribution in [-0.4, -0.2) is 22.6 Å². The highest BCUT2D eigenvalue weighted by Crippen LogP contribution is 2.26. The van der Waals surface area contributed by atoms with Crippen LogP contribution in [0.2, 0.25) is 0 Å². The molecule has 1 amide bonds. The third kappa shape index (κ3) is 3.26. The predicted molar refractivity (Wildman–Crippen MR) is 95.7 cm³/mol. The molecule has 0 saturated carbocycles. The van der Waals surface area contributed by atoms with E-state index in [0.29, 0.717) is 35.9 Å². The average molecular weight is 349 g/mol. The van der Waals surface area contributed by atoms with E-state index in [1.165, 1.54) is 18.2 Å². The van der Waals surface area contributed by atoms with Crippen molar-refractivity contribution in [3.05, 3.63) is 72.4 Å². The Morgan fingerprint density at radius 3 is 2.58 bits per heavy atom. The number of nitrogens with zero attached hydrogens (tertiary/aromatic N) is 3. The lowest BCUT2D eigenvalue weighted by Crippen LogP contribution is -2.29. The Kier molecular flexibility index (Phi) is 4.31. The van der Waals surface area contributed by atoms with Crippen LogP contribution in [-0.2, 0) is 4.79 Å². The van der Waals surface area contributed by atoms with Gasteiger partial charge in [0.2, 0.25) is 5.82 Å². The topological polar surface area (TPSA) is 59.2 Å². The molecule has 0 spiro atoms. The molecule has 0 fully saturated rings. The predicted octanol–water partition coefficient (Wildman–Crippen LogP) is 4.09. The van der Waals surface area contributed by atoms with Crippen molar-refractivity contribution in [1.29, 1.82) is 0 Å². The van der Waals surface area contributed by atoms with Crippen molar-refractivity contribution < 1.29 is 13.7 Å². The van der Waals surface area contributed by atoms with Crippen LogP contribution in [0.5, 0.6) is 0 Å². The van der Waals surface area contributed by atoms with E-state index in [9.17, 15) is 9.18 Å². The van der Waals surface area contributed by atoms with Crippen LogP contribution in [0.4, 0.5) is 10.1 Å². The van der Waals surface area contributed by atoms with E-state index < -0.39 is 0 Å². The smallest absolute Gasteiger partial charge is 0.254 e. The van der Waals surface area contributed by atoms with Gasteiger partial charge in [-0.2, -0.15) is 4.98 Å². The molecule has 0 bridgehead atoms. The summed E-state index contributed by atoms with van der Waals surface area (Å²) in [6.07, 6.45) is 2.93. The molecular weight excluding hydrogens is 333 g/mol. The van der Waals surface area contributed by atoms with Gasteiger partial charge in [-0.25, -0.2) is 4.39 Å². The Hall–Kier alpha value is -3.28. The molecule has 0 unspecified atom stereocenters. The zero-order valence-corrected chi connectivity index (χ0v) is 13.9. The molecule has 130 valence electrons. The Labute approximate surface area is 149 Å². The maximum atomic E-state index is 13.1. The van der Waals surface area contributed by atoms with Gasteiger partial charge < -0.3 is 9.42 Å². The minimum atomic E-state index is -0.327. The highest BCUT2D eigenvalue weighted by molar-refractivity contribution is 6.05. The second kappa shape index (κ2) is 6.92. The van der Waals surface area contributed by atoms with E-state index in [4.69, 9.17) is 4.52 Å². The van der Waals surface area contributed by atoms with E-state index in [0.717, 1.165) is 12.0 Å². The van der Waals surface area contributed by atoms with E-state index in [1.54, 1.807) is 17.0 Å². The van der Waals surface area contributed by atoms with Crippen molar-refractivity contribution in [3.63, 3.8) is 0 Å². The zero-order valence-electron chi connectivity index (χ0n) is 13.9. The molecule has 4 rings (SSSR count). The van der Waals surface area contributed by atoms with Gasteiger partial charge in [0.05, 0.1) is 0 Å². The quantitative estimate of drug-likeness (QED) is 0.715. The number of benzene rings is 2. The lowest BCUT2D eigenvalue weighted by Gasteiger charge is -2.19. The van der Waals surface area contributed by atoms with Gasteiger partial charge in [0.15, 0.2) is 0 Å². The number of hydrogen-bond acceptors (Lipinski definition) is 4. The fraction of sp³-hybridized carbons (Fsp3) is 0.150. The number of allylic oxidation sites excluding steroid dienone is 1. The first-order valence-electron chi connectivity index (χ1n) is 8.38. The first kappa shape index (κ1) is 16.2. The zero-order chi connectivity index (χ0) is 17.9. The molecular formula is C20H16FN3O2. The van der Waals surface area contributed by atoms with E-state index in [2.05, 4.69) is 10.1 Å². The third-order valence-electron chi connectivity index (χ3n) is 4.26. The van der Waals surface area contributed by atoms with Gasteiger partial charge in [0.25, 0.3) is 11.8 Å². The maximum absolute atomic E-state index is 13.1. The number of carbonyl (C=O) groups is 1. The second-order valence-corrected chi connectivity index (χ2v) is 6.03. The summed E-state index contributed by atoms with van der Waals surface area (Å²) in [6.45, 7) is 0.546. The van der Waals surface area contributed by atoms with Crippen LogP contribution >= 0.6 is 0 Å². The molecule has 3 aromatic rings. The summed E-state index contributed by atoms with van der Waals surface area (Å²) in [7, 11) is 0. The van der Waals surface area contributed by atoms with Gasteiger partial charge in [-0.15, -0.1) is 0 Å². The lowest BCUT2D eigenvalue weighted by atomic mass is 10.1. The third-order valence-corrected chi connectivity index (χ3v) is 4.26. The van der Waals surface area contributed by atoms with E-state index in [1.807, 2.05) is 30.3 Å². The summed E-state index contributed by atoms with van der Waals surface area (Å²) >= 11 is 0. The SMILES string of the molecule is O=C1C=C(c2nc(-c3ccccc3)no2)CCCN1c1ccc(F)cc1. The van der Waals surface area contributed by atoms with Crippen molar-refractivity contribution in [2.45, 2.75) is 12.8 Å². The first-order valence-corrected chi connectivity index (χ1v) is 8.38. The van der Waals surface area contributed by atoms with E-state index >= 15 is 0 Å². The highest BCUT2D eigenvalue weighted by Gasteiger charge is 2.22. The summed E-state index contributed by atoms with van der Waals surface area (Å²) in [6, 6.07) is 15.4. The summed E-state index contributed by atoms with van der Waals surface area (Å²) < 4.78 is 18.5. The largest absolute Gasteiger partial charge is 0.334 e. The molecule has 5 nitrogen and oxygen atoms in total. The molecule has 1 aliphatic heterocycles. The van der Waals surface area contributed by atoms with Crippen LogP contribution in [0, 0.1) is 5.82 Å². The maximum Gasteiger partial charge on any atom is 0.254 e. The van der Waals surface area contributed by atoms with Gasteiger partial charge in [-0.1, -0.05) is 35.5 Å². The Morgan fingerprint density at radius 2 is 1.81 bits per heavy atom. The second-order valence-electron chi connectivity index (χ2n) is 6.03. The number of amides is 1. The highest BCUT2D eigenvalue weighted by atomic mass is 19.1. The molecule has 6 heteroatoms. The minimum Gasteiger partial charge on any atom is -0.334 e. The molecule has 0 atom stereocenters. The number of rotatable bonds is 3. The summed E-state index contributed by atoms with van der Waals surface area (Å²) in [5.41, 5.74) is 2.25.